The van der Waals surface area contributed by atoms with E-state index in [1.807, 2.05) is 55.5 Å². The normalized spacial score (nSPS) is 10.4. The summed E-state index contributed by atoms with van der Waals surface area (Å²) in [6.45, 7) is 4.38. The van der Waals surface area contributed by atoms with E-state index in [0.29, 0.717) is 18.1 Å². The molecule has 0 unspecified atom stereocenters. The van der Waals surface area contributed by atoms with Crippen molar-refractivity contribution in [2.45, 2.75) is 26.7 Å². The maximum atomic E-state index is 12.1. The fourth-order valence-electron chi connectivity index (χ4n) is 2.65. The Balaban J connectivity index is 1.83. The van der Waals surface area contributed by atoms with E-state index in [1.54, 1.807) is 4.90 Å². The monoisotopic (exact) mass is 358 g/mol. The van der Waals surface area contributed by atoms with Gasteiger partial charge in [-0.2, -0.15) is 0 Å². The number of carbonyl (C=O) groups is 2. The van der Waals surface area contributed by atoms with Crippen LogP contribution in [-0.4, -0.2) is 24.9 Å². The van der Waals surface area contributed by atoms with Crippen LogP contribution < -0.4 is 10.2 Å². The predicted octanol–water partition coefficient (Wildman–Crippen LogP) is 3.75. The average Bonchev–Trinajstić information content (AvgIpc) is 2.56. The number of rotatable bonds is 7. The molecule has 4 nitrogen and oxygen atoms in total. The Morgan fingerprint density at radius 1 is 1.12 bits per heavy atom. The van der Waals surface area contributed by atoms with Crippen molar-refractivity contribution in [3.05, 3.63) is 64.7 Å². The minimum Gasteiger partial charge on any atom is -0.356 e. The number of benzene rings is 2. The highest BCUT2D eigenvalue weighted by atomic mass is 35.5. The Bertz CT molecular complexity index is 746. The molecule has 0 aromatic heterocycles. The SMILES string of the molecule is CC(=O)N(CCC(=O)NCCc1cccc(Cl)c1)c1ccccc1C. The van der Waals surface area contributed by atoms with Gasteiger partial charge in [0.1, 0.15) is 0 Å². The maximum absolute atomic E-state index is 12.1. The van der Waals surface area contributed by atoms with Crippen LogP contribution in [0.2, 0.25) is 5.02 Å². The van der Waals surface area contributed by atoms with Gasteiger partial charge in [0.05, 0.1) is 0 Å². The summed E-state index contributed by atoms with van der Waals surface area (Å²) in [4.78, 5) is 25.6. The van der Waals surface area contributed by atoms with Crippen molar-refractivity contribution in [1.82, 2.24) is 5.32 Å². The Kier molecular flexibility index (Phi) is 7.02. The second-order valence-electron chi connectivity index (χ2n) is 5.94. The summed E-state index contributed by atoms with van der Waals surface area (Å²) in [7, 11) is 0. The Morgan fingerprint density at radius 2 is 1.88 bits per heavy atom. The predicted molar refractivity (Wildman–Crippen MR) is 102 cm³/mol. The number of hydrogen-bond acceptors (Lipinski definition) is 2. The van der Waals surface area contributed by atoms with Gasteiger partial charge in [0, 0.05) is 37.1 Å². The third kappa shape index (κ3) is 5.91. The van der Waals surface area contributed by atoms with Crippen LogP contribution in [0.25, 0.3) is 0 Å². The lowest BCUT2D eigenvalue weighted by atomic mass is 10.1. The van der Waals surface area contributed by atoms with Gasteiger partial charge in [-0.15, -0.1) is 0 Å². The number of hydrogen-bond donors (Lipinski definition) is 1. The van der Waals surface area contributed by atoms with Gasteiger partial charge in [-0.1, -0.05) is 41.9 Å². The van der Waals surface area contributed by atoms with Crippen LogP contribution in [0.15, 0.2) is 48.5 Å². The number of nitrogens with zero attached hydrogens (tertiary/aromatic N) is 1. The van der Waals surface area contributed by atoms with Gasteiger partial charge in [-0.3, -0.25) is 9.59 Å². The fraction of sp³-hybridized carbons (Fsp3) is 0.300. The second-order valence-corrected chi connectivity index (χ2v) is 6.37. The van der Waals surface area contributed by atoms with E-state index in [9.17, 15) is 9.59 Å². The molecule has 2 aromatic rings. The van der Waals surface area contributed by atoms with Gasteiger partial charge >= 0.3 is 0 Å². The smallest absolute Gasteiger partial charge is 0.223 e. The zero-order valence-corrected chi connectivity index (χ0v) is 15.3. The van der Waals surface area contributed by atoms with Crippen molar-refractivity contribution >= 4 is 29.1 Å². The number of anilines is 1. The Hall–Kier alpha value is -2.33. The number of amides is 2. The molecule has 25 heavy (non-hydrogen) atoms. The van der Waals surface area contributed by atoms with Crippen LogP contribution in [0, 0.1) is 6.92 Å². The molecular formula is C20H23ClN2O2. The largest absolute Gasteiger partial charge is 0.356 e. The minimum absolute atomic E-state index is 0.0677. The van der Waals surface area contributed by atoms with Crippen LogP contribution in [0.5, 0.6) is 0 Å². The first-order chi connectivity index (χ1) is 12.0. The summed E-state index contributed by atoms with van der Waals surface area (Å²) >= 11 is 5.95. The lowest BCUT2D eigenvalue weighted by molar-refractivity contribution is -0.121. The number of para-hydroxylation sites is 1. The maximum Gasteiger partial charge on any atom is 0.223 e. The van der Waals surface area contributed by atoms with E-state index < -0.39 is 0 Å². The summed E-state index contributed by atoms with van der Waals surface area (Å²) in [5, 5.41) is 3.58. The summed E-state index contributed by atoms with van der Waals surface area (Å²) in [5.41, 5.74) is 2.94. The van der Waals surface area contributed by atoms with Crippen LogP contribution in [0.1, 0.15) is 24.5 Å². The molecule has 0 spiro atoms. The van der Waals surface area contributed by atoms with Crippen LogP contribution in [0.3, 0.4) is 0 Å². The molecule has 1 N–H and O–H groups in total. The highest BCUT2D eigenvalue weighted by Crippen LogP contribution is 2.19. The molecule has 0 saturated heterocycles. The topological polar surface area (TPSA) is 49.4 Å². The molecule has 0 aliphatic rings. The molecule has 0 fully saturated rings. The van der Waals surface area contributed by atoms with E-state index in [-0.39, 0.29) is 18.2 Å². The zero-order chi connectivity index (χ0) is 18.2. The molecule has 2 amide bonds. The summed E-state index contributed by atoms with van der Waals surface area (Å²) in [6.07, 6.45) is 0.990. The number of halogens is 1. The van der Waals surface area contributed by atoms with Gasteiger partial charge in [-0.25, -0.2) is 0 Å². The molecule has 0 aliphatic heterocycles. The summed E-state index contributed by atoms with van der Waals surface area (Å²) in [6, 6.07) is 15.3. The molecule has 2 rings (SSSR count). The van der Waals surface area contributed by atoms with E-state index >= 15 is 0 Å². The number of carbonyl (C=O) groups excluding carboxylic acids is 2. The molecule has 2 aromatic carbocycles. The Morgan fingerprint density at radius 3 is 2.56 bits per heavy atom. The highest BCUT2D eigenvalue weighted by Gasteiger charge is 2.14. The van der Waals surface area contributed by atoms with Gasteiger partial charge in [0.2, 0.25) is 11.8 Å². The average molecular weight is 359 g/mol. The van der Waals surface area contributed by atoms with Gasteiger partial charge < -0.3 is 10.2 Å². The molecule has 0 saturated carbocycles. The van der Waals surface area contributed by atoms with E-state index in [4.69, 9.17) is 11.6 Å². The van der Waals surface area contributed by atoms with Gasteiger partial charge in [0.25, 0.3) is 0 Å². The van der Waals surface area contributed by atoms with E-state index in [1.165, 1.54) is 6.92 Å². The molecule has 0 aliphatic carbocycles. The van der Waals surface area contributed by atoms with Crippen LogP contribution in [0.4, 0.5) is 5.69 Å². The standard InChI is InChI=1S/C20H23ClN2O2/c1-15-6-3-4-9-19(15)23(16(2)24)13-11-20(25)22-12-10-17-7-5-8-18(21)14-17/h3-9,14H,10-13H2,1-2H3,(H,22,25). The third-order valence-corrected chi connectivity index (χ3v) is 4.21. The zero-order valence-electron chi connectivity index (χ0n) is 14.6. The molecule has 0 heterocycles. The molecule has 5 heteroatoms. The van der Waals surface area contributed by atoms with Crippen LogP contribution in [-0.2, 0) is 16.0 Å². The first-order valence-electron chi connectivity index (χ1n) is 8.32. The lowest BCUT2D eigenvalue weighted by Gasteiger charge is -2.22. The summed E-state index contributed by atoms with van der Waals surface area (Å²) in [5.74, 6) is -0.136. The Labute approximate surface area is 153 Å². The van der Waals surface area contributed by atoms with Crippen molar-refractivity contribution in [3.8, 4) is 0 Å². The lowest BCUT2D eigenvalue weighted by Crippen LogP contribution is -2.34. The first-order valence-corrected chi connectivity index (χ1v) is 8.70. The van der Waals surface area contributed by atoms with Crippen molar-refractivity contribution in [1.29, 1.82) is 0 Å². The summed E-state index contributed by atoms with van der Waals surface area (Å²) < 4.78 is 0. The molecule has 0 radical (unpaired) electrons. The number of aryl methyl sites for hydroxylation is 1. The first kappa shape index (κ1) is 19.0. The van der Waals surface area contributed by atoms with Crippen molar-refractivity contribution in [2.24, 2.45) is 0 Å². The van der Waals surface area contributed by atoms with Gasteiger partial charge in [-0.05, 0) is 42.7 Å². The van der Waals surface area contributed by atoms with Gasteiger partial charge in [0.15, 0.2) is 0 Å². The quantitative estimate of drug-likeness (QED) is 0.819. The molecule has 0 bridgehead atoms. The van der Waals surface area contributed by atoms with E-state index in [2.05, 4.69) is 5.32 Å². The number of nitrogens with one attached hydrogen (secondary N) is 1. The van der Waals surface area contributed by atoms with E-state index in [0.717, 1.165) is 23.2 Å². The molecular weight excluding hydrogens is 336 g/mol. The molecule has 0 atom stereocenters. The third-order valence-electron chi connectivity index (χ3n) is 3.97. The molecule has 132 valence electrons. The fourth-order valence-corrected chi connectivity index (χ4v) is 2.87. The van der Waals surface area contributed by atoms with Crippen molar-refractivity contribution in [3.63, 3.8) is 0 Å². The van der Waals surface area contributed by atoms with Crippen LogP contribution >= 0.6 is 11.6 Å². The minimum atomic E-state index is -0.0685. The van der Waals surface area contributed by atoms with Crippen molar-refractivity contribution in [2.75, 3.05) is 18.0 Å². The second kappa shape index (κ2) is 9.23. The van der Waals surface area contributed by atoms with Crippen molar-refractivity contribution < 1.29 is 9.59 Å². The highest BCUT2D eigenvalue weighted by molar-refractivity contribution is 6.30.